The lowest BCUT2D eigenvalue weighted by molar-refractivity contribution is 0.0977. The monoisotopic (exact) mass is 364 g/mol. The molecule has 0 radical (unpaired) electrons. The normalized spacial score (nSPS) is 15.8. The number of carbonyl (C=O) groups excluding carboxylic acids is 1. The molecule has 1 atom stereocenters. The Kier molecular flexibility index (Phi) is 4.47. The molecule has 1 amide bonds. The number of nitrogens with zero attached hydrogens (tertiary/aromatic N) is 2. The standard InChI is InChI=1S/C21H20N2O2S/c1-14-7-9-17(10-8-14)25-12-20-22-18(13-26-20)21(24)23-15(2)11-16-5-3-4-6-19(16)23/h3-10,13,15H,11-12H2,1-2H3. The fourth-order valence-electron chi connectivity index (χ4n) is 3.25. The highest BCUT2D eigenvalue weighted by Gasteiger charge is 2.32. The number of aromatic nitrogens is 1. The largest absolute Gasteiger partial charge is 0.486 e. The summed E-state index contributed by atoms with van der Waals surface area (Å²) in [7, 11) is 0. The van der Waals surface area contributed by atoms with Gasteiger partial charge in [-0.05, 0) is 44.0 Å². The van der Waals surface area contributed by atoms with E-state index in [2.05, 4.69) is 18.0 Å². The summed E-state index contributed by atoms with van der Waals surface area (Å²) in [4.78, 5) is 19.3. The maximum Gasteiger partial charge on any atom is 0.278 e. The topological polar surface area (TPSA) is 42.4 Å². The molecular weight excluding hydrogens is 344 g/mol. The van der Waals surface area contributed by atoms with Crippen LogP contribution in [0.25, 0.3) is 0 Å². The predicted octanol–water partition coefficient (Wildman–Crippen LogP) is 4.62. The van der Waals surface area contributed by atoms with Gasteiger partial charge >= 0.3 is 0 Å². The molecule has 0 N–H and O–H groups in total. The van der Waals surface area contributed by atoms with Crippen LogP contribution in [0.4, 0.5) is 5.69 Å². The number of fused-ring (bicyclic) bond motifs is 1. The summed E-state index contributed by atoms with van der Waals surface area (Å²) in [5.74, 6) is 0.765. The predicted molar refractivity (Wildman–Crippen MR) is 104 cm³/mol. The minimum absolute atomic E-state index is 0.0414. The van der Waals surface area contributed by atoms with Crippen molar-refractivity contribution in [2.75, 3.05) is 4.90 Å². The van der Waals surface area contributed by atoms with Crippen LogP contribution in [0.2, 0.25) is 0 Å². The quantitative estimate of drug-likeness (QED) is 0.678. The van der Waals surface area contributed by atoms with E-state index in [4.69, 9.17) is 4.74 Å². The highest BCUT2D eigenvalue weighted by molar-refractivity contribution is 7.09. The van der Waals surface area contributed by atoms with Crippen molar-refractivity contribution in [2.24, 2.45) is 0 Å². The van der Waals surface area contributed by atoms with E-state index in [9.17, 15) is 4.79 Å². The Morgan fingerprint density at radius 2 is 2.00 bits per heavy atom. The first-order valence-electron chi connectivity index (χ1n) is 8.67. The van der Waals surface area contributed by atoms with Crippen LogP contribution in [-0.2, 0) is 13.0 Å². The van der Waals surface area contributed by atoms with Crippen molar-refractivity contribution >= 4 is 22.9 Å². The summed E-state index contributed by atoms with van der Waals surface area (Å²) in [6.07, 6.45) is 0.884. The Hall–Kier alpha value is -2.66. The fraction of sp³-hybridized carbons (Fsp3) is 0.238. The molecule has 5 heteroatoms. The van der Waals surface area contributed by atoms with Crippen LogP contribution in [-0.4, -0.2) is 16.9 Å². The second-order valence-electron chi connectivity index (χ2n) is 6.59. The Morgan fingerprint density at radius 1 is 1.23 bits per heavy atom. The summed E-state index contributed by atoms with van der Waals surface area (Å²) in [6.45, 7) is 4.48. The second kappa shape index (κ2) is 6.92. The first-order chi connectivity index (χ1) is 12.6. The number of ether oxygens (including phenoxy) is 1. The van der Waals surface area contributed by atoms with Crippen LogP contribution < -0.4 is 9.64 Å². The molecule has 0 spiro atoms. The van der Waals surface area contributed by atoms with Gasteiger partial charge in [-0.25, -0.2) is 4.98 Å². The first kappa shape index (κ1) is 16.8. The number of hydrogen-bond acceptors (Lipinski definition) is 4. The van der Waals surface area contributed by atoms with E-state index in [1.165, 1.54) is 22.5 Å². The fourth-order valence-corrected chi connectivity index (χ4v) is 3.93. The van der Waals surface area contributed by atoms with Gasteiger partial charge in [0, 0.05) is 17.1 Å². The van der Waals surface area contributed by atoms with Crippen LogP contribution >= 0.6 is 11.3 Å². The highest BCUT2D eigenvalue weighted by Crippen LogP contribution is 2.33. The van der Waals surface area contributed by atoms with Crippen molar-refractivity contribution in [1.82, 2.24) is 4.98 Å². The molecular formula is C21H20N2O2S. The van der Waals surface area contributed by atoms with Crippen LogP contribution in [0.15, 0.2) is 53.9 Å². The van der Waals surface area contributed by atoms with Gasteiger partial charge in [-0.1, -0.05) is 35.9 Å². The molecule has 4 rings (SSSR count). The van der Waals surface area contributed by atoms with Gasteiger partial charge in [0.2, 0.25) is 0 Å². The molecule has 0 saturated carbocycles. The Labute approximate surface area is 157 Å². The van der Waals surface area contributed by atoms with E-state index >= 15 is 0 Å². The summed E-state index contributed by atoms with van der Waals surface area (Å²) in [6, 6.07) is 16.1. The number of amides is 1. The first-order valence-corrected chi connectivity index (χ1v) is 9.55. The lowest BCUT2D eigenvalue weighted by Gasteiger charge is -2.21. The molecule has 2 heterocycles. The molecule has 132 valence electrons. The zero-order valence-corrected chi connectivity index (χ0v) is 15.6. The molecule has 0 bridgehead atoms. The smallest absolute Gasteiger partial charge is 0.278 e. The summed E-state index contributed by atoms with van der Waals surface area (Å²) in [5.41, 5.74) is 3.89. The minimum Gasteiger partial charge on any atom is -0.486 e. The Bertz CT molecular complexity index is 933. The van der Waals surface area contributed by atoms with Crippen molar-refractivity contribution in [3.63, 3.8) is 0 Å². The van der Waals surface area contributed by atoms with Crippen molar-refractivity contribution in [3.05, 3.63) is 75.7 Å². The van der Waals surface area contributed by atoms with Gasteiger partial charge in [0.1, 0.15) is 23.1 Å². The molecule has 1 aliphatic heterocycles. The molecule has 1 aromatic heterocycles. The summed E-state index contributed by atoms with van der Waals surface area (Å²) < 4.78 is 5.77. The Balaban J connectivity index is 1.47. The van der Waals surface area contributed by atoms with E-state index in [1.54, 1.807) is 0 Å². The number of aryl methyl sites for hydroxylation is 1. The van der Waals surface area contributed by atoms with Crippen molar-refractivity contribution in [3.8, 4) is 5.75 Å². The van der Waals surface area contributed by atoms with Gasteiger partial charge in [-0.2, -0.15) is 0 Å². The maximum absolute atomic E-state index is 13.0. The number of rotatable bonds is 4. The van der Waals surface area contributed by atoms with E-state index in [0.717, 1.165) is 22.9 Å². The lowest BCUT2D eigenvalue weighted by atomic mass is 10.1. The zero-order valence-electron chi connectivity index (χ0n) is 14.8. The molecule has 1 unspecified atom stereocenters. The number of benzene rings is 2. The number of para-hydroxylation sites is 1. The van der Waals surface area contributed by atoms with Crippen LogP contribution in [0.3, 0.4) is 0 Å². The molecule has 1 aliphatic rings. The van der Waals surface area contributed by atoms with Gasteiger partial charge in [0.05, 0.1) is 0 Å². The third-order valence-electron chi connectivity index (χ3n) is 4.58. The van der Waals surface area contributed by atoms with Gasteiger partial charge in [-0.3, -0.25) is 4.79 Å². The summed E-state index contributed by atoms with van der Waals surface area (Å²) >= 11 is 1.46. The van der Waals surface area contributed by atoms with Crippen molar-refractivity contribution < 1.29 is 9.53 Å². The van der Waals surface area contributed by atoms with E-state index in [-0.39, 0.29) is 11.9 Å². The molecule has 3 aromatic rings. The van der Waals surface area contributed by atoms with Gasteiger partial charge in [0.25, 0.3) is 5.91 Å². The Morgan fingerprint density at radius 3 is 2.81 bits per heavy atom. The molecule has 4 nitrogen and oxygen atoms in total. The van der Waals surface area contributed by atoms with E-state index in [1.807, 2.05) is 59.7 Å². The molecule has 0 saturated heterocycles. The van der Waals surface area contributed by atoms with Gasteiger partial charge < -0.3 is 9.64 Å². The van der Waals surface area contributed by atoms with Crippen LogP contribution in [0, 0.1) is 6.92 Å². The third-order valence-corrected chi connectivity index (χ3v) is 5.40. The third kappa shape index (κ3) is 3.22. The highest BCUT2D eigenvalue weighted by atomic mass is 32.1. The van der Waals surface area contributed by atoms with Crippen molar-refractivity contribution in [1.29, 1.82) is 0 Å². The number of anilines is 1. The number of carbonyl (C=O) groups is 1. The van der Waals surface area contributed by atoms with Gasteiger partial charge in [0.15, 0.2) is 0 Å². The van der Waals surface area contributed by atoms with Crippen molar-refractivity contribution in [2.45, 2.75) is 32.9 Å². The average Bonchev–Trinajstić information content (AvgIpc) is 3.24. The number of thiazole rings is 1. The SMILES string of the molecule is Cc1ccc(OCc2nc(C(=O)N3c4ccccc4CC3C)cs2)cc1. The summed E-state index contributed by atoms with van der Waals surface area (Å²) in [5, 5.41) is 2.62. The second-order valence-corrected chi connectivity index (χ2v) is 7.53. The molecule has 0 fully saturated rings. The van der Waals surface area contributed by atoms with Crippen LogP contribution in [0.5, 0.6) is 5.75 Å². The van der Waals surface area contributed by atoms with E-state index < -0.39 is 0 Å². The zero-order chi connectivity index (χ0) is 18.1. The lowest BCUT2D eigenvalue weighted by Crippen LogP contribution is -2.35. The number of hydrogen-bond donors (Lipinski definition) is 0. The molecule has 0 aliphatic carbocycles. The molecule has 26 heavy (non-hydrogen) atoms. The van der Waals surface area contributed by atoms with Crippen LogP contribution in [0.1, 0.15) is 33.5 Å². The van der Waals surface area contributed by atoms with E-state index in [0.29, 0.717) is 12.3 Å². The van der Waals surface area contributed by atoms with Gasteiger partial charge in [-0.15, -0.1) is 11.3 Å². The average molecular weight is 364 g/mol. The molecule has 2 aromatic carbocycles. The maximum atomic E-state index is 13.0. The minimum atomic E-state index is -0.0414.